The number of rotatable bonds is 1. The maximum Gasteiger partial charge on any atom is 0.113 e. The summed E-state index contributed by atoms with van der Waals surface area (Å²) in [6.45, 7) is 3.85. The van der Waals surface area contributed by atoms with E-state index in [0.717, 1.165) is 0 Å². The second-order valence-electron chi connectivity index (χ2n) is 3.72. The topological polar surface area (TPSA) is 12.5 Å². The van der Waals surface area contributed by atoms with Gasteiger partial charge in [-0.05, 0) is 12.8 Å². The number of fused-ring (bicyclic) bond motifs is 1. The Balaban J connectivity index is 1.98. The Morgan fingerprint density at radius 2 is 2.09 bits per heavy atom. The van der Waals surface area contributed by atoms with Gasteiger partial charge in [0.15, 0.2) is 0 Å². The Morgan fingerprint density at radius 1 is 1.27 bits per heavy atom. The van der Waals surface area contributed by atoms with E-state index in [1.807, 2.05) is 6.08 Å². The van der Waals surface area contributed by atoms with E-state index in [-0.39, 0.29) is 5.60 Å². The van der Waals surface area contributed by atoms with Crippen molar-refractivity contribution in [1.29, 1.82) is 0 Å². The SMILES string of the molecule is C=CC12CCCCCCC1O2. The van der Waals surface area contributed by atoms with E-state index in [1.54, 1.807) is 0 Å². The van der Waals surface area contributed by atoms with Crippen LogP contribution in [0, 0.1) is 0 Å². The Kier molecular flexibility index (Phi) is 1.76. The highest BCUT2D eigenvalue weighted by molar-refractivity contribution is 5.14. The molecule has 0 aromatic carbocycles. The van der Waals surface area contributed by atoms with E-state index in [2.05, 4.69) is 6.58 Å². The highest BCUT2D eigenvalue weighted by atomic mass is 16.6. The third-order valence-corrected chi connectivity index (χ3v) is 2.98. The summed E-state index contributed by atoms with van der Waals surface area (Å²) < 4.78 is 5.66. The van der Waals surface area contributed by atoms with Crippen molar-refractivity contribution in [2.75, 3.05) is 0 Å². The molecular formula is C10H16O. The summed E-state index contributed by atoms with van der Waals surface area (Å²) in [6.07, 6.45) is 10.5. The van der Waals surface area contributed by atoms with Crippen LogP contribution in [0.25, 0.3) is 0 Å². The molecule has 11 heavy (non-hydrogen) atoms. The fourth-order valence-electron chi connectivity index (χ4n) is 2.12. The van der Waals surface area contributed by atoms with Gasteiger partial charge >= 0.3 is 0 Å². The first-order valence-corrected chi connectivity index (χ1v) is 4.69. The maximum absolute atomic E-state index is 5.66. The van der Waals surface area contributed by atoms with Gasteiger partial charge in [0.1, 0.15) is 5.60 Å². The average Bonchev–Trinajstić information content (AvgIpc) is 2.64. The normalized spacial score (nSPS) is 43.5. The smallest absolute Gasteiger partial charge is 0.113 e. The average molecular weight is 152 g/mol. The molecule has 1 aliphatic heterocycles. The van der Waals surface area contributed by atoms with Gasteiger partial charge in [-0.1, -0.05) is 31.8 Å². The molecule has 2 atom stereocenters. The zero-order valence-corrected chi connectivity index (χ0v) is 7.01. The van der Waals surface area contributed by atoms with E-state index >= 15 is 0 Å². The maximum atomic E-state index is 5.66. The molecule has 62 valence electrons. The molecule has 0 bridgehead atoms. The lowest BCUT2D eigenvalue weighted by Gasteiger charge is -2.10. The van der Waals surface area contributed by atoms with Gasteiger partial charge < -0.3 is 4.74 Å². The Morgan fingerprint density at radius 3 is 2.91 bits per heavy atom. The minimum absolute atomic E-state index is 0.125. The van der Waals surface area contributed by atoms with Crippen LogP contribution in [-0.4, -0.2) is 11.7 Å². The third kappa shape index (κ3) is 1.22. The number of epoxide rings is 1. The summed E-state index contributed by atoms with van der Waals surface area (Å²) in [6, 6.07) is 0. The van der Waals surface area contributed by atoms with Gasteiger partial charge in [-0.25, -0.2) is 0 Å². The van der Waals surface area contributed by atoms with Crippen molar-refractivity contribution in [3.05, 3.63) is 12.7 Å². The van der Waals surface area contributed by atoms with Gasteiger partial charge in [-0.15, -0.1) is 6.58 Å². The van der Waals surface area contributed by atoms with E-state index in [4.69, 9.17) is 4.74 Å². The minimum atomic E-state index is 0.125. The highest BCUT2D eigenvalue weighted by Gasteiger charge is 2.52. The summed E-state index contributed by atoms with van der Waals surface area (Å²) in [4.78, 5) is 0. The van der Waals surface area contributed by atoms with Crippen molar-refractivity contribution < 1.29 is 4.74 Å². The Hall–Kier alpha value is -0.300. The van der Waals surface area contributed by atoms with E-state index in [9.17, 15) is 0 Å². The largest absolute Gasteiger partial charge is 0.362 e. The molecule has 1 heteroatoms. The van der Waals surface area contributed by atoms with Crippen LogP contribution in [0.15, 0.2) is 12.7 Å². The fourth-order valence-corrected chi connectivity index (χ4v) is 2.12. The van der Waals surface area contributed by atoms with Crippen molar-refractivity contribution in [2.24, 2.45) is 0 Å². The van der Waals surface area contributed by atoms with E-state index in [1.165, 1.54) is 38.5 Å². The minimum Gasteiger partial charge on any atom is -0.362 e. The van der Waals surface area contributed by atoms with Gasteiger partial charge in [0.25, 0.3) is 0 Å². The van der Waals surface area contributed by atoms with Crippen LogP contribution in [0.2, 0.25) is 0 Å². The molecular weight excluding hydrogens is 136 g/mol. The summed E-state index contributed by atoms with van der Waals surface area (Å²) in [5.74, 6) is 0. The second kappa shape index (κ2) is 2.63. The summed E-state index contributed by atoms with van der Waals surface area (Å²) in [5.41, 5.74) is 0.125. The van der Waals surface area contributed by atoms with Gasteiger partial charge in [0, 0.05) is 0 Å². The molecule has 0 aromatic heterocycles. The first kappa shape index (κ1) is 7.35. The lowest BCUT2D eigenvalue weighted by Crippen LogP contribution is -2.12. The second-order valence-corrected chi connectivity index (χ2v) is 3.72. The predicted molar refractivity (Wildman–Crippen MR) is 45.5 cm³/mol. The molecule has 1 aliphatic carbocycles. The summed E-state index contributed by atoms with van der Waals surface area (Å²) in [7, 11) is 0. The molecule has 1 heterocycles. The van der Waals surface area contributed by atoms with Gasteiger partial charge in [-0.3, -0.25) is 0 Å². The van der Waals surface area contributed by atoms with Crippen molar-refractivity contribution in [1.82, 2.24) is 0 Å². The molecule has 1 saturated heterocycles. The van der Waals surface area contributed by atoms with Crippen LogP contribution in [0.5, 0.6) is 0 Å². The third-order valence-electron chi connectivity index (χ3n) is 2.98. The van der Waals surface area contributed by atoms with Crippen LogP contribution in [0.1, 0.15) is 38.5 Å². The monoisotopic (exact) mass is 152 g/mol. The molecule has 2 rings (SSSR count). The van der Waals surface area contributed by atoms with Crippen LogP contribution >= 0.6 is 0 Å². The molecule has 0 aromatic rings. The van der Waals surface area contributed by atoms with Crippen LogP contribution in [-0.2, 0) is 4.74 Å². The zero-order valence-electron chi connectivity index (χ0n) is 7.01. The van der Waals surface area contributed by atoms with E-state index in [0.29, 0.717) is 6.10 Å². The quantitative estimate of drug-likeness (QED) is 0.415. The zero-order chi connectivity index (χ0) is 7.73. The van der Waals surface area contributed by atoms with Gasteiger partial charge in [0.05, 0.1) is 6.10 Å². The number of ether oxygens (including phenoxy) is 1. The van der Waals surface area contributed by atoms with Crippen LogP contribution < -0.4 is 0 Å². The molecule has 0 amide bonds. The molecule has 0 spiro atoms. The molecule has 2 aliphatic rings. The highest BCUT2D eigenvalue weighted by Crippen LogP contribution is 2.46. The van der Waals surface area contributed by atoms with Gasteiger partial charge in [0.2, 0.25) is 0 Å². The molecule has 0 N–H and O–H groups in total. The molecule has 1 saturated carbocycles. The number of hydrogen-bond donors (Lipinski definition) is 0. The van der Waals surface area contributed by atoms with Gasteiger partial charge in [-0.2, -0.15) is 0 Å². The number of hydrogen-bond acceptors (Lipinski definition) is 1. The standard InChI is InChI=1S/C10H16O/c1-2-10-8-6-4-3-5-7-9(10)11-10/h2,9H,1,3-8H2. The molecule has 1 nitrogen and oxygen atoms in total. The Bertz CT molecular complexity index is 164. The van der Waals surface area contributed by atoms with Crippen molar-refractivity contribution in [3.63, 3.8) is 0 Å². The molecule has 2 unspecified atom stereocenters. The summed E-state index contributed by atoms with van der Waals surface area (Å²) >= 11 is 0. The first-order chi connectivity index (χ1) is 5.37. The van der Waals surface area contributed by atoms with E-state index < -0.39 is 0 Å². The van der Waals surface area contributed by atoms with Crippen LogP contribution in [0.4, 0.5) is 0 Å². The van der Waals surface area contributed by atoms with Crippen molar-refractivity contribution >= 4 is 0 Å². The van der Waals surface area contributed by atoms with Crippen LogP contribution in [0.3, 0.4) is 0 Å². The van der Waals surface area contributed by atoms with Crippen molar-refractivity contribution in [3.8, 4) is 0 Å². The lowest BCUT2D eigenvalue weighted by molar-refractivity contribution is 0.316. The summed E-state index contributed by atoms with van der Waals surface area (Å²) in [5, 5.41) is 0. The molecule has 2 fully saturated rings. The Labute approximate surface area is 68.4 Å². The lowest BCUT2D eigenvalue weighted by atomic mass is 9.91. The first-order valence-electron chi connectivity index (χ1n) is 4.69. The van der Waals surface area contributed by atoms with Crippen molar-refractivity contribution in [2.45, 2.75) is 50.2 Å². The molecule has 0 radical (unpaired) electrons. The fraction of sp³-hybridized carbons (Fsp3) is 0.800. The predicted octanol–water partition coefficient (Wildman–Crippen LogP) is 2.66.